The van der Waals surface area contributed by atoms with Gasteiger partial charge in [-0.05, 0) is 30.2 Å². The average molecular weight is 218 g/mol. The molecule has 0 saturated heterocycles. The van der Waals surface area contributed by atoms with Gasteiger partial charge in [0.1, 0.15) is 0 Å². The Morgan fingerprint density at radius 3 is 2.12 bits per heavy atom. The molecule has 0 spiro atoms. The van der Waals surface area contributed by atoms with Crippen molar-refractivity contribution in [2.75, 3.05) is 0 Å². The van der Waals surface area contributed by atoms with Crippen LogP contribution < -0.4 is 0 Å². The van der Waals surface area contributed by atoms with Crippen LogP contribution in [0.4, 0.5) is 0 Å². The number of hydrogen-bond donors (Lipinski definition) is 0. The van der Waals surface area contributed by atoms with Crippen molar-refractivity contribution in [3.8, 4) is 0 Å². The number of hydrogen-bond acceptors (Lipinski definition) is 0. The zero-order valence-corrected chi connectivity index (χ0v) is 11.1. The van der Waals surface area contributed by atoms with Crippen LogP contribution in [0, 0.1) is 5.92 Å². The molecule has 0 aliphatic heterocycles. The highest BCUT2D eigenvalue weighted by atomic mass is 14.1. The van der Waals surface area contributed by atoms with Gasteiger partial charge in [-0.2, -0.15) is 0 Å². The van der Waals surface area contributed by atoms with E-state index in [9.17, 15) is 0 Å². The molecule has 0 fully saturated rings. The van der Waals surface area contributed by atoms with E-state index in [-0.39, 0.29) is 0 Å². The zero-order chi connectivity index (χ0) is 11.8. The lowest BCUT2D eigenvalue weighted by molar-refractivity contribution is 0.494. The Morgan fingerprint density at radius 1 is 0.938 bits per heavy atom. The fraction of sp³-hybridized carbons (Fsp3) is 0.625. The number of rotatable bonds is 7. The molecule has 16 heavy (non-hydrogen) atoms. The van der Waals surface area contributed by atoms with Crippen molar-refractivity contribution in [3.05, 3.63) is 35.9 Å². The Morgan fingerprint density at radius 2 is 1.56 bits per heavy atom. The summed E-state index contributed by atoms with van der Waals surface area (Å²) in [5.41, 5.74) is 1.52. The van der Waals surface area contributed by atoms with Gasteiger partial charge in [0.2, 0.25) is 0 Å². The van der Waals surface area contributed by atoms with Crippen LogP contribution in [0.5, 0.6) is 0 Å². The SMILES string of the molecule is CCC(CCCCC(C)C)c1ccccc1. The van der Waals surface area contributed by atoms with Crippen molar-refractivity contribution in [1.29, 1.82) is 0 Å². The fourth-order valence-electron chi connectivity index (χ4n) is 2.28. The smallest absolute Gasteiger partial charge is 0.0165 e. The molecule has 1 aromatic rings. The lowest BCUT2D eigenvalue weighted by Crippen LogP contribution is -1.97. The van der Waals surface area contributed by atoms with Gasteiger partial charge in [-0.25, -0.2) is 0 Å². The van der Waals surface area contributed by atoms with E-state index in [0.29, 0.717) is 0 Å². The van der Waals surface area contributed by atoms with E-state index >= 15 is 0 Å². The normalized spacial score (nSPS) is 13.0. The summed E-state index contributed by atoms with van der Waals surface area (Å²) >= 11 is 0. The highest BCUT2D eigenvalue weighted by molar-refractivity contribution is 5.19. The van der Waals surface area contributed by atoms with Crippen molar-refractivity contribution < 1.29 is 0 Å². The molecule has 0 nitrogen and oxygen atoms in total. The Labute approximate surface area is 101 Å². The summed E-state index contributed by atoms with van der Waals surface area (Å²) < 4.78 is 0. The molecule has 0 aliphatic rings. The molecule has 0 heterocycles. The quantitative estimate of drug-likeness (QED) is 0.538. The predicted molar refractivity (Wildman–Crippen MR) is 72.8 cm³/mol. The molecule has 0 aliphatic carbocycles. The van der Waals surface area contributed by atoms with Crippen LogP contribution in [0.3, 0.4) is 0 Å². The summed E-state index contributed by atoms with van der Waals surface area (Å²) in [5, 5.41) is 0. The van der Waals surface area contributed by atoms with Crippen LogP contribution in [0.15, 0.2) is 30.3 Å². The van der Waals surface area contributed by atoms with Crippen LogP contribution >= 0.6 is 0 Å². The van der Waals surface area contributed by atoms with Crippen molar-refractivity contribution in [3.63, 3.8) is 0 Å². The predicted octanol–water partition coefficient (Wildman–Crippen LogP) is 5.40. The topological polar surface area (TPSA) is 0 Å². The third kappa shape index (κ3) is 4.83. The summed E-state index contributed by atoms with van der Waals surface area (Å²) in [6, 6.07) is 11.0. The molecule has 0 radical (unpaired) electrons. The van der Waals surface area contributed by atoms with E-state index in [4.69, 9.17) is 0 Å². The van der Waals surface area contributed by atoms with Crippen molar-refractivity contribution in [1.82, 2.24) is 0 Å². The summed E-state index contributed by atoms with van der Waals surface area (Å²) in [4.78, 5) is 0. The third-order valence-corrected chi connectivity index (χ3v) is 3.35. The van der Waals surface area contributed by atoms with Crippen LogP contribution in [-0.2, 0) is 0 Å². The molecular formula is C16H26. The van der Waals surface area contributed by atoms with Crippen molar-refractivity contribution >= 4 is 0 Å². The first-order valence-electron chi connectivity index (χ1n) is 6.79. The van der Waals surface area contributed by atoms with E-state index in [1.54, 1.807) is 0 Å². The van der Waals surface area contributed by atoms with Crippen LogP contribution in [-0.4, -0.2) is 0 Å². The Kier molecular flexibility index (Phi) is 6.22. The molecule has 1 atom stereocenters. The van der Waals surface area contributed by atoms with Gasteiger partial charge in [-0.1, -0.05) is 70.4 Å². The summed E-state index contributed by atoms with van der Waals surface area (Å²) in [5.74, 6) is 1.63. The number of benzene rings is 1. The first kappa shape index (κ1) is 13.3. The molecular weight excluding hydrogens is 192 g/mol. The Hall–Kier alpha value is -0.780. The van der Waals surface area contributed by atoms with Gasteiger partial charge in [0.05, 0.1) is 0 Å². The third-order valence-electron chi connectivity index (χ3n) is 3.35. The summed E-state index contributed by atoms with van der Waals surface area (Å²) in [6.07, 6.45) is 6.77. The maximum absolute atomic E-state index is 2.31. The van der Waals surface area contributed by atoms with Gasteiger partial charge in [0.25, 0.3) is 0 Å². The maximum Gasteiger partial charge on any atom is -0.0165 e. The van der Waals surface area contributed by atoms with Crippen LogP contribution in [0.2, 0.25) is 0 Å². The maximum atomic E-state index is 2.31. The molecule has 0 bridgehead atoms. The fourth-order valence-corrected chi connectivity index (χ4v) is 2.28. The Balaban J connectivity index is 2.33. The second kappa shape index (κ2) is 7.49. The summed E-state index contributed by atoms with van der Waals surface area (Å²) in [7, 11) is 0. The monoisotopic (exact) mass is 218 g/mol. The lowest BCUT2D eigenvalue weighted by atomic mass is 9.90. The largest absolute Gasteiger partial charge is 0.0648 e. The molecule has 0 heteroatoms. The molecule has 90 valence electrons. The molecule has 1 unspecified atom stereocenters. The van der Waals surface area contributed by atoms with Crippen LogP contribution in [0.1, 0.15) is 64.4 Å². The van der Waals surface area contributed by atoms with Gasteiger partial charge >= 0.3 is 0 Å². The van der Waals surface area contributed by atoms with E-state index in [2.05, 4.69) is 51.1 Å². The van der Waals surface area contributed by atoms with Gasteiger partial charge < -0.3 is 0 Å². The van der Waals surface area contributed by atoms with Gasteiger partial charge in [-0.3, -0.25) is 0 Å². The molecule has 0 N–H and O–H groups in total. The number of unbranched alkanes of at least 4 members (excludes halogenated alkanes) is 1. The minimum Gasteiger partial charge on any atom is -0.0648 e. The van der Waals surface area contributed by atoms with E-state index in [0.717, 1.165) is 11.8 Å². The summed E-state index contributed by atoms with van der Waals surface area (Å²) in [6.45, 7) is 6.93. The van der Waals surface area contributed by atoms with Crippen molar-refractivity contribution in [2.24, 2.45) is 5.92 Å². The minimum absolute atomic E-state index is 0.772. The van der Waals surface area contributed by atoms with E-state index in [1.807, 2.05) is 0 Å². The van der Waals surface area contributed by atoms with E-state index < -0.39 is 0 Å². The van der Waals surface area contributed by atoms with Crippen molar-refractivity contribution in [2.45, 2.75) is 58.8 Å². The highest BCUT2D eigenvalue weighted by Crippen LogP contribution is 2.25. The first-order valence-corrected chi connectivity index (χ1v) is 6.79. The van der Waals surface area contributed by atoms with Crippen LogP contribution in [0.25, 0.3) is 0 Å². The van der Waals surface area contributed by atoms with E-state index in [1.165, 1.54) is 37.7 Å². The van der Waals surface area contributed by atoms with Gasteiger partial charge in [0, 0.05) is 0 Å². The van der Waals surface area contributed by atoms with Gasteiger partial charge in [-0.15, -0.1) is 0 Å². The lowest BCUT2D eigenvalue weighted by Gasteiger charge is -2.15. The molecule has 0 saturated carbocycles. The zero-order valence-electron chi connectivity index (χ0n) is 11.1. The molecule has 1 rings (SSSR count). The minimum atomic E-state index is 0.772. The molecule has 1 aromatic carbocycles. The second-order valence-corrected chi connectivity index (χ2v) is 5.19. The molecule has 0 amide bonds. The second-order valence-electron chi connectivity index (χ2n) is 5.19. The standard InChI is InChI=1S/C16H26/c1-4-15(11-9-8-10-14(2)3)16-12-6-5-7-13-16/h5-7,12-15H,4,8-11H2,1-3H3. The average Bonchev–Trinajstić information content (AvgIpc) is 2.30. The highest BCUT2D eigenvalue weighted by Gasteiger charge is 2.08. The Bertz CT molecular complexity index is 261. The van der Waals surface area contributed by atoms with Gasteiger partial charge in [0.15, 0.2) is 0 Å². The first-order chi connectivity index (χ1) is 7.74. The molecule has 0 aromatic heterocycles.